The summed E-state index contributed by atoms with van der Waals surface area (Å²) in [6, 6.07) is 6.52. The van der Waals surface area contributed by atoms with Gasteiger partial charge in [-0.2, -0.15) is 5.10 Å². The van der Waals surface area contributed by atoms with Gasteiger partial charge in [0, 0.05) is 24.0 Å². The van der Waals surface area contributed by atoms with E-state index in [1.54, 1.807) is 4.57 Å². The fourth-order valence-corrected chi connectivity index (χ4v) is 3.61. The van der Waals surface area contributed by atoms with Gasteiger partial charge in [-0.15, -0.1) is 0 Å². The Morgan fingerprint density at radius 1 is 1.09 bits per heavy atom. The van der Waals surface area contributed by atoms with Crippen LogP contribution < -0.4 is 5.56 Å². The van der Waals surface area contributed by atoms with Gasteiger partial charge in [0.05, 0.1) is 6.04 Å². The topological polar surface area (TPSA) is 43.1 Å². The Balaban J connectivity index is 1.93. The zero-order valence-electron chi connectivity index (χ0n) is 13.9. The number of hydrogen-bond acceptors (Lipinski definition) is 3. The first-order valence-corrected chi connectivity index (χ1v) is 8.21. The Kier molecular flexibility index (Phi) is 3.27. The molecule has 0 amide bonds. The Bertz CT molecular complexity index is 945. The highest BCUT2D eigenvalue weighted by Crippen LogP contribution is 2.27. The molecule has 0 N–H and O–H groups in total. The predicted octanol–water partition coefficient (Wildman–Crippen LogP) is 2.46. The van der Waals surface area contributed by atoms with E-state index in [-0.39, 0.29) is 5.56 Å². The summed E-state index contributed by atoms with van der Waals surface area (Å²) in [5.41, 5.74) is 1.92. The third kappa shape index (κ3) is 2.27. The van der Waals surface area contributed by atoms with Crippen LogP contribution in [0.3, 0.4) is 0 Å². The van der Waals surface area contributed by atoms with Gasteiger partial charge < -0.3 is 4.90 Å². The maximum Gasteiger partial charge on any atom is 0.259 e. The standard InChI is InChI=1S/C18H22N4O/c1-12-4-5-14-15(10-12)18(23)21(3)17-16(14)11-22(19-17)13-6-8-20(2)9-7-13/h4-5,10-11,13H,6-9H2,1-3H3. The maximum absolute atomic E-state index is 12.6. The fourth-order valence-electron chi connectivity index (χ4n) is 3.61. The molecule has 0 saturated carbocycles. The quantitative estimate of drug-likeness (QED) is 0.693. The maximum atomic E-state index is 12.6. The summed E-state index contributed by atoms with van der Waals surface area (Å²) in [5, 5.41) is 7.61. The largest absolute Gasteiger partial charge is 0.306 e. The Morgan fingerprint density at radius 3 is 2.57 bits per heavy atom. The molecule has 1 aliphatic rings. The minimum absolute atomic E-state index is 0.0322. The van der Waals surface area contributed by atoms with E-state index in [0.717, 1.165) is 53.3 Å². The molecular weight excluding hydrogens is 288 g/mol. The lowest BCUT2D eigenvalue weighted by atomic mass is 10.1. The molecule has 1 fully saturated rings. The van der Waals surface area contributed by atoms with Gasteiger partial charge in [-0.1, -0.05) is 17.7 Å². The van der Waals surface area contributed by atoms with Crippen molar-refractivity contribution in [3.8, 4) is 0 Å². The lowest BCUT2D eigenvalue weighted by molar-refractivity contribution is 0.213. The number of hydrogen-bond donors (Lipinski definition) is 0. The van der Waals surface area contributed by atoms with Crippen molar-refractivity contribution in [2.24, 2.45) is 7.05 Å². The van der Waals surface area contributed by atoms with E-state index in [1.807, 2.05) is 20.0 Å². The molecule has 0 unspecified atom stereocenters. The Hall–Kier alpha value is -2.14. The molecule has 1 aliphatic heterocycles. The van der Waals surface area contributed by atoms with Crippen LogP contribution in [0.15, 0.2) is 29.2 Å². The highest BCUT2D eigenvalue weighted by atomic mass is 16.1. The summed E-state index contributed by atoms with van der Waals surface area (Å²) in [4.78, 5) is 15.0. The molecule has 0 atom stereocenters. The average molecular weight is 310 g/mol. The first-order valence-electron chi connectivity index (χ1n) is 8.21. The molecule has 120 valence electrons. The monoisotopic (exact) mass is 310 g/mol. The summed E-state index contributed by atoms with van der Waals surface area (Å²) >= 11 is 0. The van der Waals surface area contributed by atoms with Gasteiger partial charge in [-0.3, -0.25) is 14.0 Å². The summed E-state index contributed by atoms with van der Waals surface area (Å²) in [5.74, 6) is 0. The van der Waals surface area contributed by atoms with Crippen LogP contribution in [0.4, 0.5) is 0 Å². The Labute approximate surface area is 135 Å². The second-order valence-electron chi connectivity index (χ2n) is 6.79. The third-order valence-corrected chi connectivity index (χ3v) is 5.09. The molecule has 0 aliphatic carbocycles. The number of aryl methyl sites for hydroxylation is 2. The van der Waals surface area contributed by atoms with Gasteiger partial charge in [-0.05, 0) is 51.4 Å². The highest BCUT2D eigenvalue weighted by molar-refractivity contribution is 6.04. The van der Waals surface area contributed by atoms with Crippen LogP contribution in [0.5, 0.6) is 0 Å². The van der Waals surface area contributed by atoms with Crippen LogP contribution in [-0.4, -0.2) is 39.4 Å². The first kappa shape index (κ1) is 14.5. The number of rotatable bonds is 1. The first-order chi connectivity index (χ1) is 11.0. The van der Waals surface area contributed by atoms with Crippen molar-refractivity contribution in [1.82, 2.24) is 19.2 Å². The summed E-state index contributed by atoms with van der Waals surface area (Å²) in [6.07, 6.45) is 4.34. The van der Waals surface area contributed by atoms with Crippen LogP contribution in [0.25, 0.3) is 21.8 Å². The van der Waals surface area contributed by atoms with E-state index >= 15 is 0 Å². The van der Waals surface area contributed by atoms with E-state index in [9.17, 15) is 4.79 Å². The van der Waals surface area contributed by atoms with E-state index in [0.29, 0.717) is 6.04 Å². The molecule has 5 heteroatoms. The van der Waals surface area contributed by atoms with Crippen LogP contribution in [-0.2, 0) is 7.05 Å². The number of aromatic nitrogens is 3. The van der Waals surface area contributed by atoms with Crippen molar-refractivity contribution in [2.45, 2.75) is 25.8 Å². The van der Waals surface area contributed by atoms with E-state index in [4.69, 9.17) is 5.10 Å². The van der Waals surface area contributed by atoms with E-state index < -0.39 is 0 Å². The molecule has 0 radical (unpaired) electrons. The molecule has 1 saturated heterocycles. The Morgan fingerprint density at radius 2 is 1.83 bits per heavy atom. The minimum atomic E-state index is 0.0322. The predicted molar refractivity (Wildman–Crippen MR) is 93.0 cm³/mol. The van der Waals surface area contributed by atoms with Crippen molar-refractivity contribution in [1.29, 1.82) is 0 Å². The zero-order chi connectivity index (χ0) is 16.1. The summed E-state index contributed by atoms with van der Waals surface area (Å²) in [6.45, 7) is 4.21. The normalized spacial score (nSPS) is 17.3. The van der Waals surface area contributed by atoms with Gasteiger partial charge in [0.25, 0.3) is 5.56 Å². The summed E-state index contributed by atoms with van der Waals surface area (Å²) < 4.78 is 3.76. The van der Waals surface area contributed by atoms with Crippen molar-refractivity contribution < 1.29 is 0 Å². The zero-order valence-corrected chi connectivity index (χ0v) is 13.9. The molecule has 2 aromatic heterocycles. The molecule has 1 aromatic carbocycles. The number of pyridine rings is 1. The smallest absolute Gasteiger partial charge is 0.259 e. The average Bonchev–Trinajstić information content (AvgIpc) is 2.98. The van der Waals surface area contributed by atoms with Crippen molar-refractivity contribution in [3.05, 3.63) is 40.3 Å². The molecule has 0 spiro atoms. The van der Waals surface area contributed by atoms with Crippen molar-refractivity contribution >= 4 is 21.8 Å². The SMILES string of the molecule is Cc1ccc2c(c1)c(=O)n(C)c1nn(C3CCN(C)CC3)cc21. The fraction of sp³-hybridized carbons (Fsp3) is 0.444. The second kappa shape index (κ2) is 5.20. The van der Waals surface area contributed by atoms with Gasteiger partial charge in [0.1, 0.15) is 0 Å². The van der Waals surface area contributed by atoms with Gasteiger partial charge in [0.2, 0.25) is 0 Å². The molecule has 3 heterocycles. The van der Waals surface area contributed by atoms with Gasteiger partial charge >= 0.3 is 0 Å². The molecule has 23 heavy (non-hydrogen) atoms. The van der Waals surface area contributed by atoms with Crippen molar-refractivity contribution in [2.75, 3.05) is 20.1 Å². The lowest BCUT2D eigenvalue weighted by Crippen LogP contribution is -2.31. The van der Waals surface area contributed by atoms with Gasteiger partial charge in [-0.25, -0.2) is 0 Å². The molecular formula is C18H22N4O. The van der Waals surface area contributed by atoms with Crippen LogP contribution in [0.1, 0.15) is 24.4 Å². The van der Waals surface area contributed by atoms with E-state index in [1.165, 1.54) is 0 Å². The second-order valence-corrected chi connectivity index (χ2v) is 6.79. The van der Waals surface area contributed by atoms with Crippen molar-refractivity contribution in [3.63, 3.8) is 0 Å². The molecule has 3 aromatic rings. The van der Waals surface area contributed by atoms with Crippen LogP contribution in [0.2, 0.25) is 0 Å². The summed E-state index contributed by atoms with van der Waals surface area (Å²) in [7, 11) is 3.98. The van der Waals surface area contributed by atoms with Gasteiger partial charge in [0.15, 0.2) is 5.65 Å². The number of likely N-dealkylation sites (tertiary alicyclic amines) is 1. The van der Waals surface area contributed by atoms with E-state index in [2.05, 4.69) is 35.0 Å². The van der Waals surface area contributed by atoms with Crippen LogP contribution >= 0.6 is 0 Å². The number of piperidine rings is 1. The molecule has 5 nitrogen and oxygen atoms in total. The van der Waals surface area contributed by atoms with Crippen LogP contribution in [0, 0.1) is 6.92 Å². The highest BCUT2D eigenvalue weighted by Gasteiger charge is 2.21. The minimum Gasteiger partial charge on any atom is -0.306 e. The number of benzene rings is 1. The number of fused-ring (bicyclic) bond motifs is 3. The lowest BCUT2D eigenvalue weighted by Gasteiger charge is -2.28. The molecule has 0 bridgehead atoms. The third-order valence-electron chi connectivity index (χ3n) is 5.09. The molecule has 4 rings (SSSR count). The number of nitrogens with zero attached hydrogens (tertiary/aromatic N) is 4.